The van der Waals surface area contributed by atoms with Crippen molar-refractivity contribution in [1.82, 2.24) is 10.5 Å². The molecule has 0 saturated heterocycles. The van der Waals surface area contributed by atoms with Crippen molar-refractivity contribution in [3.63, 3.8) is 0 Å². The van der Waals surface area contributed by atoms with Gasteiger partial charge in [-0.25, -0.2) is 0 Å². The third kappa shape index (κ3) is 3.58. The first-order valence-electron chi connectivity index (χ1n) is 5.87. The summed E-state index contributed by atoms with van der Waals surface area (Å²) in [5.74, 6) is -0.939. The van der Waals surface area contributed by atoms with Crippen LogP contribution in [0.15, 0.2) is 4.52 Å². The molecular weight excluding hydrogens is 236 g/mol. The van der Waals surface area contributed by atoms with Gasteiger partial charge in [0.2, 0.25) is 0 Å². The number of carbonyl (C=O) groups excluding carboxylic acids is 1. The van der Waals surface area contributed by atoms with Gasteiger partial charge in [0.25, 0.3) is 5.91 Å². The van der Waals surface area contributed by atoms with Crippen LogP contribution < -0.4 is 5.32 Å². The zero-order valence-corrected chi connectivity index (χ0v) is 10.8. The highest BCUT2D eigenvalue weighted by Gasteiger charge is 2.17. The van der Waals surface area contributed by atoms with Crippen molar-refractivity contribution < 1.29 is 19.2 Å². The van der Waals surface area contributed by atoms with Gasteiger partial charge in [0.1, 0.15) is 11.3 Å². The summed E-state index contributed by atoms with van der Waals surface area (Å²) in [6.07, 6.45) is 1.17. The number of hydrogen-bond acceptors (Lipinski definition) is 4. The van der Waals surface area contributed by atoms with Crippen LogP contribution in [0.25, 0.3) is 0 Å². The minimum absolute atomic E-state index is 0.228. The average molecular weight is 254 g/mol. The van der Waals surface area contributed by atoms with Crippen molar-refractivity contribution in [3.05, 3.63) is 17.0 Å². The number of aliphatic carboxylic acids is 1. The molecule has 0 radical (unpaired) electrons. The molecule has 6 heteroatoms. The van der Waals surface area contributed by atoms with E-state index in [9.17, 15) is 9.59 Å². The molecule has 0 aliphatic carbocycles. The lowest BCUT2D eigenvalue weighted by Gasteiger charge is -2.07. The largest absolute Gasteiger partial charge is 0.481 e. The summed E-state index contributed by atoms with van der Waals surface area (Å²) in [4.78, 5) is 22.4. The number of amides is 1. The smallest absolute Gasteiger partial charge is 0.306 e. The molecule has 1 aromatic rings. The molecule has 18 heavy (non-hydrogen) atoms. The molecule has 0 aliphatic heterocycles. The molecule has 1 unspecified atom stereocenters. The Bertz CT molecular complexity index is 420. The molecule has 0 aromatic carbocycles. The fourth-order valence-electron chi connectivity index (χ4n) is 1.63. The van der Waals surface area contributed by atoms with Crippen molar-refractivity contribution in [2.45, 2.75) is 33.6 Å². The molecule has 1 amide bonds. The second-order valence-electron chi connectivity index (χ2n) is 4.34. The second-order valence-corrected chi connectivity index (χ2v) is 4.34. The maximum atomic E-state index is 11.8. The molecule has 0 bridgehead atoms. The van der Waals surface area contributed by atoms with Gasteiger partial charge in [-0.2, -0.15) is 0 Å². The van der Waals surface area contributed by atoms with Gasteiger partial charge < -0.3 is 14.9 Å². The van der Waals surface area contributed by atoms with Crippen molar-refractivity contribution in [2.24, 2.45) is 5.92 Å². The predicted octanol–water partition coefficient (Wildman–Crippen LogP) is 1.52. The van der Waals surface area contributed by atoms with Gasteiger partial charge in [0.05, 0.1) is 11.6 Å². The molecular formula is C12H18N2O4. The zero-order valence-electron chi connectivity index (χ0n) is 10.8. The molecule has 0 fully saturated rings. The van der Waals surface area contributed by atoms with Crippen LogP contribution in [0.1, 0.15) is 41.6 Å². The second kappa shape index (κ2) is 6.18. The van der Waals surface area contributed by atoms with Crippen LogP contribution in [0.3, 0.4) is 0 Å². The van der Waals surface area contributed by atoms with Gasteiger partial charge >= 0.3 is 5.97 Å². The van der Waals surface area contributed by atoms with E-state index in [2.05, 4.69) is 10.5 Å². The third-order valence-corrected chi connectivity index (χ3v) is 2.78. The summed E-state index contributed by atoms with van der Waals surface area (Å²) < 4.78 is 4.90. The molecule has 2 N–H and O–H groups in total. The maximum Gasteiger partial charge on any atom is 0.306 e. The Kier molecular flexibility index (Phi) is 4.88. The Morgan fingerprint density at radius 1 is 1.44 bits per heavy atom. The fraction of sp³-hybridized carbons (Fsp3) is 0.583. The number of nitrogens with zero attached hydrogens (tertiary/aromatic N) is 1. The lowest BCUT2D eigenvalue weighted by Crippen LogP contribution is -2.26. The summed E-state index contributed by atoms with van der Waals surface area (Å²) in [6, 6.07) is 0. The number of carboxylic acids is 1. The van der Waals surface area contributed by atoms with Crippen LogP contribution in [0, 0.1) is 19.8 Å². The first-order valence-corrected chi connectivity index (χ1v) is 5.87. The number of carboxylic acid groups (broad SMARTS) is 1. The van der Waals surface area contributed by atoms with Crippen molar-refractivity contribution in [2.75, 3.05) is 6.54 Å². The fourth-order valence-corrected chi connectivity index (χ4v) is 1.63. The van der Waals surface area contributed by atoms with Crippen molar-refractivity contribution in [1.29, 1.82) is 0 Å². The summed E-state index contributed by atoms with van der Waals surface area (Å²) in [5, 5.41) is 15.1. The Morgan fingerprint density at radius 3 is 2.61 bits per heavy atom. The summed E-state index contributed by atoms with van der Waals surface area (Å²) in [7, 11) is 0. The van der Waals surface area contributed by atoms with Crippen LogP contribution >= 0.6 is 0 Å². The SMILES string of the molecule is Cc1noc(C)c1C(=O)NCCCC(C)C(=O)O. The van der Waals surface area contributed by atoms with Gasteiger partial charge in [-0.3, -0.25) is 9.59 Å². The van der Waals surface area contributed by atoms with Crippen molar-refractivity contribution >= 4 is 11.9 Å². The summed E-state index contributed by atoms with van der Waals surface area (Å²) in [5.41, 5.74) is 1.02. The number of hydrogen-bond donors (Lipinski definition) is 2. The maximum absolute atomic E-state index is 11.8. The van der Waals surface area contributed by atoms with E-state index in [0.717, 1.165) is 0 Å². The first kappa shape index (κ1) is 14.2. The number of aromatic nitrogens is 1. The minimum Gasteiger partial charge on any atom is -0.481 e. The topological polar surface area (TPSA) is 92.4 Å². The van der Waals surface area contributed by atoms with Gasteiger partial charge in [-0.15, -0.1) is 0 Å². The number of rotatable bonds is 6. The normalized spacial score (nSPS) is 12.2. The minimum atomic E-state index is -0.813. The Labute approximate surface area is 105 Å². The number of nitrogens with one attached hydrogen (secondary N) is 1. The molecule has 6 nitrogen and oxygen atoms in total. The van der Waals surface area contributed by atoms with Crippen LogP contribution in [0.5, 0.6) is 0 Å². The highest BCUT2D eigenvalue weighted by Crippen LogP contribution is 2.11. The van der Waals surface area contributed by atoms with E-state index >= 15 is 0 Å². The van der Waals surface area contributed by atoms with Gasteiger partial charge in [-0.05, 0) is 26.7 Å². The van der Waals surface area contributed by atoms with E-state index in [1.165, 1.54) is 0 Å². The Hall–Kier alpha value is -1.85. The van der Waals surface area contributed by atoms with Gasteiger partial charge in [0.15, 0.2) is 0 Å². The lowest BCUT2D eigenvalue weighted by atomic mass is 10.1. The lowest BCUT2D eigenvalue weighted by molar-refractivity contribution is -0.141. The van der Waals surface area contributed by atoms with E-state index in [0.29, 0.717) is 36.4 Å². The van der Waals surface area contributed by atoms with Gasteiger partial charge in [0, 0.05) is 6.54 Å². The van der Waals surface area contributed by atoms with Crippen LogP contribution in [-0.4, -0.2) is 28.7 Å². The molecule has 0 spiro atoms. The van der Waals surface area contributed by atoms with Crippen LogP contribution in [0.4, 0.5) is 0 Å². The quantitative estimate of drug-likeness (QED) is 0.751. The molecule has 0 aliphatic rings. The van der Waals surface area contributed by atoms with E-state index in [4.69, 9.17) is 9.63 Å². The van der Waals surface area contributed by atoms with Crippen molar-refractivity contribution in [3.8, 4) is 0 Å². The molecule has 1 atom stereocenters. The van der Waals surface area contributed by atoms with Gasteiger partial charge in [-0.1, -0.05) is 12.1 Å². The molecule has 1 heterocycles. The predicted molar refractivity (Wildman–Crippen MR) is 64.3 cm³/mol. The van der Waals surface area contributed by atoms with Crippen LogP contribution in [0.2, 0.25) is 0 Å². The van der Waals surface area contributed by atoms with Crippen LogP contribution in [-0.2, 0) is 4.79 Å². The highest BCUT2D eigenvalue weighted by molar-refractivity contribution is 5.96. The number of carbonyl (C=O) groups is 2. The Morgan fingerprint density at radius 2 is 2.11 bits per heavy atom. The van der Waals surface area contributed by atoms with E-state index in [1.807, 2.05) is 0 Å². The summed E-state index contributed by atoms with van der Waals surface area (Å²) >= 11 is 0. The monoisotopic (exact) mass is 254 g/mol. The van der Waals surface area contributed by atoms with E-state index in [1.54, 1.807) is 20.8 Å². The molecule has 1 aromatic heterocycles. The highest BCUT2D eigenvalue weighted by atomic mass is 16.5. The first-order chi connectivity index (χ1) is 8.43. The van der Waals surface area contributed by atoms with E-state index in [-0.39, 0.29) is 11.8 Å². The number of aryl methyl sites for hydroxylation is 2. The molecule has 1 rings (SSSR count). The summed E-state index contributed by atoms with van der Waals surface area (Å²) in [6.45, 7) is 5.48. The average Bonchev–Trinajstić information content (AvgIpc) is 2.63. The van der Waals surface area contributed by atoms with E-state index < -0.39 is 5.97 Å². The standard InChI is InChI=1S/C12H18N2O4/c1-7(12(16)17)5-4-6-13-11(15)10-8(2)14-18-9(10)3/h7H,4-6H2,1-3H3,(H,13,15)(H,16,17). The zero-order chi connectivity index (χ0) is 13.7. The third-order valence-electron chi connectivity index (χ3n) is 2.78. The Balaban J connectivity index is 2.37. The molecule has 100 valence electrons. The molecule has 0 saturated carbocycles.